The molecule has 0 aliphatic carbocycles. The van der Waals surface area contributed by atoms with E-state index in [1.54, 1.807) is 0 Å². The van der Waals surface area contributed by atoms with Crippen molar-refractivity contribution in [3.05, 3.63) is 36.4 Å². The maximum absolute atomic E-state index is 5.98. The highest BCUT2D eigenvalue weighted by Gasteiger charge is 2.34. The molecule has 5 nitrogen and oxygen atoms in total. The van der Waals surface area contributed by atoms with Gasteiger partial charge in [0.1, 0.15) is 11.6 Å². The lowest BCUT2D eigenvalue weighted by molar-refractivity contribution is 0.0302. The van der Waals surface area contributed by atoms with Crippen LogP contribution in [0, 0.1) is 0 Å². The highest BCUT2D eigenvalue weighted by molar-refractivity contribution is 5.61. The Labute approximate surface area is 123 Å². The van der Waals surface area contributed by atoms with Crippen LogP contribution in [0.1, 0.15) is 12.8 Å². The third kappa shape index (κ3) is 2.45. The van der Waals surface area contributed by atoms with Gasteiger partial charge in [0, 0.05) is 24.7 Å². The fourth-order valence-electron chi connectivity index (χ4n) is 3.13. The summed E-state index contributed by atoms with van der Waals surface area (Å²) in [7, 11) is 0. The van der Waals surface area contributed by atoms with Crippen LogP contribution < -0.4 is 10.6 Å². The fourth-order valence-corrected chi connectivity index (χ4v) is 3.13. The number of benzene rings is 1. The van der Waals surface area contributed by atoms with Gasteiger partial charge in [0.25, 0.3) is 0 Å². The molecule has 108 valence electrons. The number of nitrogen functional groups attached to an aromatic ring is 1. The normalized spacial score (nSPS) is 24.3. The molecule has 1 aromatic heterocycles. The summed E-state index contributed by atoms with van der Waals surface area (Å²) >= 11 is 0. The first kappa shape index (κ1) is 12.6. The lowest BCUT2D eigenvalue weighted by Crippen LogP contribution is -2.43. The van der Waals surface area contributed by atoms with Gasteiger partial charge in [-0.3, -0.25) is 0 Å². The number of nitrogens with zero attached hydrogens (tertiary/aromatic N) is 3. The van der Waals surface area contributed by atoms with Crippen molar-refractivity contribution in [2.45, 2.75) is 25.0 Å². The lowest BCUT2D eigenvalue weighted by Gasteiger charge is -2.33. The maximum atomic E-state index is 5.98. The van der Waals surface area contributed by atoms with E-state index < -0.39 is 0 Å². The number of ether oxygens (including phenoxy) is 1. The van der Waals surface area contributed by atoms with E-state index in [-0.39, 0.29) is 0 Å². The van der Waals surface area contributed by atoms with Gasteiger partial charge in [0.2, 0.25) is 0 Å². The standard InChI is InChI=1S/C16H18N4O/c17-14-8-15(20-9-12-6-7-13(10-20)21-12)19-16(18-14)11-4-2-1-3-5-11/h1-5,8,12-13H,6-7,9-10H2,(H2,17,18,19). The second kappa shape index (κ2) is 5.00. The van der Waals surface area contributed by atoms with Crippen molar-refractivity contribution in [1.29, 1.82) is 0 Å². The number of hydrogen-bond acceptors (Lipinski definition) is 5. The Kier molecular flexibility index (Phi) is 3.00. The molecular formula is C16H18N4O. The Bertz CT molecular complexity index is 634. The molecular weight excluding hydrogens is 264 g/mol. The van der Waals surface area contributed by atoms with Gasteiger partial charge >= 0.3 is 0 Å². The van der Waals surface area contributed by atoms with Crippen LogP contribution in [0.4, 0.5) is 11.6 Å². The van der Waals surface area contributed by atoms with Crippen LogP contribution in [0.5, 0.6) is 0 Å². The van der Waals surface area contributed by atoms with Crippen molar-refractivity contribution in [1.82, 2.24) is 9.97 Å². The third-order valence-corrected chi connectivity index (χ3v) is 4.13. The first-order valence-electron chi connectivity index (χ1n) is 7.38. The molecule has 2 aliphatic heterocycles. The van der Waals surface area contributed by atoms with E-state index in [4.69, 9.17) is 15.5 Å². The van der Waals surface area contributed by atoms with Crippen molar-refractivity contribution in [2.75, 3.05) is 23.7 Å². The molecule has 21 heavy (non-hydrogen) atoms. The molecule has 0 saturated carbocycles. The van der Waals surface area contributed by atoms with E-state index in [1.165, 1.54) is 0 Å². The van der Waals surface area contributed by atoms with Crippen LogP contribution >= 0.6 is 0 Å². The molecule has 3 heterocycles. The van der Waals surface area contributed by atoms with Crippen molar-refractivity contribution in [2.24, 2.45) is 0 Å². The van der Waals surface area contributed by atoms with Crippen molar-refractivity contribution in [3.8, 4) is 11.4 Å². The van der Waals surface area contributed by atoms with Gasteiger partial charge in [-0.05, 0) is 12.8 Å². The van der Waals surface area contributed by atoms with Crippen LogP contribution in [-0.2, 0) is 4.74 Å². The van der Waals surface area contributed by atoms with Gasteiger partial charge in [-0.2, -0.15) is 0 Å². The average molecular weight is 282 g/mol. The minimum absolute atomic E-state index is 0.333. The zero-order chi connectivity index (χ0) is 14.2. The number of anilines is 2. The molecule has 0 amide bonds. The summed E-state index contributed by atoms with van der Waals surface area (Å²) in [4.78, 5) is 11.3. The minimum Gasteiger partial charge on any atom is -0.384 e. The molecule has 2 N–H and O–H groups in total. The van der Waals surface area contributed by atoms with E-state index in [1.807, 2.05) is 36.4 Å². The molecule has 4 rings (SSSR count). The molecule has 2 aromatic rings. The summed E-state index contributed by atoms with van der Waals surface area (Å²) in [5.41, 5.74) is 6.97. The topological polar surface area (TPSA) is 64.3 Å². The van der Waals surface area contributed by atoms with Gasteiger partial charge in [0.05, 0.1) is 12.2 Å². The number of rotatable bonds is 2. The molecule has 1 aromatic carbocycles. The van der Waals surface area contributed by atoms with Gasteiger partial charge in [-0.25, -0.2) is 9.97 Å². The Hall–Kier alpha value is -2.14. The molecule has 0 spiro atoms. The summed E-state index contributed by atoms with van der Waals surface area (Å²) in [5, 5.41) is 0. The van der Waals surface area contributed by atoms with E-state index in [0.717, 1.165) is 37.3 Å². The molecule has 2 atom stereocenters. The number of hydrogen-bond donors (Lipinski definition) is 1. The summed E-state index contributed by atoms with van der Waals surface area (Å²) < 4.78 is 5.88. The quantitative estimate of drug-likeness (QED) is 0.913. The molecule has 2 unspecified atom stereocenters. The van der Waals surface area contributed by atoms with E-state index in [2.05, 4.69) is 9.88 Å². The summed E-state index contributed by atoms with van der Waals surface area (Å²) in [5.74, 6) is 2.10. The minimum atomic E-state index is 0.333. The van der Waals surface area contributed by atoms with E-state index >= 15 is 0 Å². The Morgan fingerprint density at radius 1 is 1.05 bits per heavy atom. The average Bonchev–Trinajstić information content (AvgIpc) is 2.86. The van der Waals surface area contributed by atoms with Gasteiger partial charge < -0.3 is 15.4 Å². The van der Waals surface area contributed by atoms with Crippen LogP contribution in [0.2, 0.25) is 0 Å². The zero-order valence-corrected chi connectivity index (χ0v) is 11.8. The highest BCUT2D eigenvalue weighted by atomic mass is 16.5. The Morgan fingerprint density at radius 2 is 1.76 bits per heavy atom. The van der Waals surface area contributed by atoms with Gasteiger partial charge in [-0.1, -0.05) is 30.3 Å². The highest BCUT2D eigenvalue weighted by Crippen LogP contribution is 2.30. The largest absolute Gasteiger partial charge is 0.384 e. The Morgan fingerprint density at radius 3 is 2.48 bits per heavy atom. The first-order chi connectivity index (χ1) is 10.3. The second-order valence-electron chi connectivity index (χ2n) is 5.70. The molecule has 2 fully saturated rings. The molecule has 2 saturated heterocycles. The van der Waals surface area contributed by atoms with Gasteiger partial charge in [0.15, 0.2) is 5.82 Å². The van der Waals surface area contributed by atoms with Crippen LogP contribution in [0.3, 0.4) is 0 Å². The first-order valence-corrected chi connectivity index (χ1v) is 7.38. The predicted octanol–water partition coefficient (Wildman–Crippen LogP) is 2.09. The Balaban J connectivity index is 1.68. The number of fused-ring (bicyclic) bond motifs is 2. The maximum Gasteiger partial charge on any atom is 0.163 e. The van der Waals surface area contributed by atoms with Crippen molar-refractivity contribution < 1.29 is 4.74 Å². The summed E-state index contributed by atoms with van der Waals surface area (Å²) in [6.07, 6.45) is 2.96. The lowest BCUT2D eigenvalue weighted by atomic mass is 10.2. The zero-order valence-electron chi connectivity index (χ0n) is 11.8. The number of nitrogens with two attached hydrogens (primary N) is 1. The van der Waals surface area contributed by atoms with E-state index in [0.29, 0.717) is 23.9 Å². The number of aromatic nitrogens is 2. The summed E-state index contributed by atoms with van der Waals surface area (Å²) in [6, 6.07) is 11.8. The molecule has 2 aliphatic rings. The van der Waals surface area contributed by atoms with Crippen LogP contribution in [0.15, 0.2) is 36.4 Å². The van der Waals surface area contributed by atoms with Crippen LogP contribution in [0.25, 0.3) is 11.4 Å². The predicted molar refractivity (Wildman–Crippen MR) is 82.0 cm³/mol. The second-order valence-corrected chi connectivity index (χ2v) is 5.70. The third-order valence-electron chi connectivity index (χ3n) is 4.13. The number of morpholine rings is 1. The van der Waals surface area contributed by atoms with Crippen molar-refractivity contribution in [3.63, 3.8) is 0 Å². The SMILES string of the molecule is Nc1cc(N2CC3CCC(C2)O3)nc(-c2ccccc2)n1. The molecule has 5 heteroatoms. The molecule has 2 bridgehead atoms. The summed E-state index contributed by atoms with van der Waals surface area (Å²) in [6.45, 7) is 1.78. The molecule has 0 radical (unpaired) electrons. The van der Waals surface area contributed by atoms with E-state index in [9.17, 15) is 0 Å². The van der Waals surface area contributed by atoms with Crippen LogP contribution in [-0.4, -0.2) is 35.3 Å². The van der Waals surface area contributed by atoms with Crippen molar-refractivity contribution >= 4 is 11.6 Å². The van der Waals surface area contributed by atoms with Gasteiger partial charge in [-0.15, -0.1) is 0 Å². The monoisotopic (exact) mass is 282 g/mol. The smallest absolute Gasteiger partial charge is 0.163 e. The fraction of sp³-hybridized carbons (Fsp3) is 0.375.